The van der Waals surface area contributed by atoms with Crippen LogP contribution in [0, 0.1) is 0 Å². The summed E-state index contributed by atoms with van der Waals surface area (Å²) in [5.41, 5.74) is 7.05. The molecule has 0 bridgehead atoms. The number of methoxy groups -OCH3 is 1. The van der Waals surface area contributed by atoms with E-state index in [1.807, 2.05) is 0 Å². The Morgan fingerprint density at radius 2 is 1.67 bits per heavy atom. The second-order valence-corrected chi connectivity index (χ2v) is 12.4. The summed E-state index contributed by atoms with van der Waals surface area (Å²) in [7, 11) is 1.32. The fraction of sp³-hybridized carbons (Fsp3) is 0.500. The highest BCUT2D eigenvalue weighted by molar-refractivity contribution is 6.35. The van der Waals surface area contributed by atoms with E-state index in [0.717, 1.165) is 37.7 Å². The Balaban J connectivity index is 1.37. The molecule has 13 heteroatoms. The van der Waals surface area contributed by atoms with Crippen molar-refractivity contribution in [1.29, 1.82) is 0 Å². The summed E-state index contributed by atoms with van der Waals surface area (Å²) in [6.45, 7) is 2.95. The van der Waals surface area contributed by atoms with E-state index in [-0.39, 0.29) is 42.8 Å². The van der Waals surface area contributed by atoms with Crippen molar-refractivity contribution in [3.8, 4) is 0 Å². The van der Waals surface area contributed by atoms with Crippen LogP contribution in [0.4, 0.5) is 10.5 Å². The third-order valence-electron chi connectivity index (χ3n) is 8.63. The topological polar surface area (TPSA) is 146 Å². The molecule has 1 aliphatic heterocycles. The number of hydrogen-bond acceptors (Lipinski definition) is 7. The summed E-state index contributed by atoms with van der Waals surface area (Å²) < 4.78 is 4.72. The van der Waals surface area contributed by atoms with Crippen molar-refractivity contribution in [3.05, 3.63) is 63.6 Å². The molecule has 45 heavy (non-hydrogen) atoms. The number of nitrogens with two attached hydrogens (primary N) is 1. The summed E-state index contributed by atoms with van der Waals surface area (Å²) in [5, 5.41) is 9.69. The average Bonchev–Trinajstić information content (AvgIpc) is 3.05. The van der Waals surface area contributed by atoms with Gasteiger partial charge in [0.1, 0.15) is 6.04 Å². The van der Waals surface area contributed by atoms with E-state index in [0.29, 0.717) is 54.0 Å². The van der Waals surface area contributed by atoms with Gasteiger partial charge < -0.3 is 31.3 Å². The van der Waals surface area contributed by atoms with Crippen molar-refractivity contribution in [2.75, 3.05) is 51.7 Å². The van der Waals surface area contributed by atoms with Crippen LogP contribution in [0.15, 0.2) is 42.5 Å². The van der Waals surface area contributed by atoms with Gasteiger partial charge in [0.15, 0.2) is 0 Å². The highest BCUT2D eigenvalue weighted by atomic mass is 35.5. The van der Waals surface area contributed by atoms with E-state index < -0.39 is 12.0 Å². The van der Waals surface area contributed by atoms with E-state index in [1.165, 1.54) is 7.11 Å². The fourth-order valence-corrected chi connectivity index (χ4v) is 6.65. The maximum Gasteiger partial charge on any atom is 0.337 e. The van der Waals surface area contributed by atoms with Gasteiger partial charge in [0.25, 0.3) is 0 Å². The smallest absolute Gasteiger partial charge is 0.337 e. The molecule has 1 heterocycles. The molecule has 4 amide bonds. The Morgan fingerprint density at radius 3 is 2.29 bits per heavy atom. The lowest BCUT2D eigenvalue weighted by molar-refractivity contribution is -0.139. The molecule has 2 fully saturated rings. The first-order valence-electron chi connectivity index (χ1n) is 15.3. The standard InChI is InChI=1S/C32H42Cl2N6O5/c1-45-30(43)22-6-9-25(10-7-22)37-31(44)36-21-32(12-3-2-4-13-32)40-17-15-39(16-18-40)29(42)27(38-28(41)11-14-35)19-23-5-8-24(33)20-26(23)34/h5-10,20,27H,2-4,11-19,21,35H2,1H3,(H,38,41)(H2,36,37,44)/t27-/m1/s1. The molecule has 0 unspecified atom stereocenters. The number of nitrogens with one attached hydrogen (secondary N) is 3. The second kappa shape index (κ2) is 16.3. The van der Waals surface area contributed by atoms with Crippen LogP contribution < -0.4 is 21.7 Å². The van der Waals surface area contributed by atoms with Gasteiger partial charge in [-0.1, -0.05) is 48.5 Å². The van der Waals surface area contributed by atoms with E-state index in [9.17, 15) is 19.2 Å². The summed E-state index contributed by atoms with van der Waals surface area (Å²) in [5.74, 6) is -0.895. The number of anilines is 1. The van der Waals surface area contributed by atoms with Gasteiger partial charge in [-0.15, -0.1) is 0 Å². The highest BCUT2D eigenvalue weighted by Gasteiger charge is 2.41. The Morgan fingerprint density at radius 1 is 0.978 bits per heavy atom. The maximum atomic E-state index is 13.7. The van der Waals surface area contributed by atoms with E-state index in [4.69, 9.17) is 33.7 Å². The average molecular weight is 662 g/mol. The first-order chi connectivity index (χ1) is 21.6. The second-order valence-electron chi connectivity index (χ2n) is 11.6. The maximum absolute atomic E-state index is 13.7. The van der Waals surface area contributed by atoms with E-state index >= 15 is 0 Å². The van der Waals surface area contributed by atoms with Crippen molar-refractivity contribution in [2.45, 2.75) is 56.5 Å². The number of esters is 1. The van der Waals surface area contributed by atoms with Gasteiger partial charge in [0.05, 0.1) is 12.7 Å². The SMILES string of the molecule is COC(=O)c1ccc(NC(=O)NCC2(N3CCN(C(=O)[C@@H](Cc4ccc(Cl)cc4Cl)NC(=O)CCN)CC3)CCCCC2)cc1. The monoisotopic (exact) mass is 660 g/mol. The fourth-order valence-electron chi connectivity index (χ4n) is 6.17. The van der Waals surface area contributed by atoms with Gasteiger partial charge in [0, 0.05) is 73.4 Å². The molecular formula is C32H42Cl2N6O5. The van der Waals surface area contributed by atoms with Crippen LogP contribution in [0.5, 0.6) is 0 Å². The van der Waals surface area contributed by atoms with Gasteiger partial charge in [0.2, 0.25) is 11.8 Å². The largest absolute Gasteiger partial charge is 0.465 e. The van der Waals surface area contributed by atoms with Crippen LogP contribution in [0.1, 0.15) is 54.4 Å². The molecule has 5 N–H and O–H groups in total. The highest BCUT2D eigenvalue weighted by Crippen LogP contribution is 2.34. The predicted molar refractivity (Wildman–Crippen MR) is 175 cm³/mol. The summed E-state index contributed by atoms with van der Waals surface area (Å²) in [6, 6.07) is 10.5. The zero-order valence-corrected chi connectivity index (χ0v) is 27.1. The van der Waals surface area contributed by atoms with Gasteiger partial charge in [-0.2, -0.15) is 0 Å². The van der Waals surface area contributed by atoms with Gasteiger partial charge in [-0.25, -0.2) is 9.59 Å². The Kier molecular flexibility index (Phi) is 12.5. The number of benzene rings is 2. The molecule has 4 rings (SSSR count). The minimum atomic E-state index is -0.787. The quantitative estimate of drug-likeness (QED) is 0.268. The molecule has 1 aliphatic carbocycles. The number of urea groups is 1. The van der Waals surface area contributed by atoms with Crippen LogP contribution in [-0.2, 0) is 20.7 Å². The van der Waals surface area contributed by atoms with Crippen LogP contribution >= 0.6 is 23.2 Å². The zero-order valence-electron chi connectivity index (χ0n) is 25.6. The van der Waals surface area contributed by atoms with Crippen LogP contribution in [-0.4, -0.2) is 91.6 Å². The minimum absolute atomic E-state index is 0.119. The molecule has 1 atom stereocenters. The van der Waals surface area contributed by atoms with Crippen LogP contribution in [0.2, 0.25) is 10.0 Å². The van der Waals surface area contributed by atoms with Crippen molar-refractivity contribution in [3.63, 3.8) is 0 Å². The van der Waals surface area contributed by atoms with Crippen LogP contribution in [0.3, 0.4) is 0 Å². The van der Waals surface area contributed by atoms with Crippen molar-refractivity contribution < 1.29 is 23.9 Å². The normalized spacial score (nSPS) is 17.2. The van der Waals surface area contributed by atoms with Crippen molar-refractivity contribution in [2.24, 2.45) is 5.73 Å². The Labute approximate surface area is 274 Å². The molecular weight excluding hydrogens is 619 g/mol. The number of carbonyl (C=O) groups is 4. The zero-order chi connectivity index (χ0) is 32.4. The molecule has 2 aromatic carbocycles. The lowest BCUT2D eigenvalue weighted by Gasteiger charge is -2.50. The molecule has 0 radical (unpaired) electrons. The number of hydrogen-bond donors (Lipinski definition) is 4. The molecule has 0 aromatic heterocycles. The van der Waals surface area contributed by atoms with Gasteiger partial charge in [-0.3, -0.25) is 14.5 Å². The van der Waals surface area contributed by atoms with Crippen LogP contribution in [0.25, 0.3) is 0 Å². The summed E-state index contributed by atoms with van der Waals surface area (Å²) in [6.07, 6.45) is 5.52. The molecule has 11 nitrogen and oxygen atoms in total. The van der Waals surface area contributed by atoms with Gasteiger partial charge in [-0.05, 0) is 54.8 Å². The Hall–Kier alpha value is -3.38. The van der Waals surface area contributed by atoms with Gasteiger partial charge >= 0.3 is 12.0 Å². The molecule has 1 saturated heterocycles. The van der Waals surface area contributed by atoms with Crippen molar-refractivity contribution >= 4 is 52.7 Å². The molecule has 244 valence electrons. The lowest BCUT2D eigenvalue weighted by Crippen LogP contribution is -2.63. The third-order valence-corrected chi connectivity index (χ3v) is 9.22. The number of halogens is 2. The number of nitrogens with zero attached hydrogens (tertiary/aromatic N) is 2. The first-order valence-corrected chi connectivity index (χ1v) is 16.1. The number of carbonyl (C=O) groups excluding carboxylic acids is 4. The summed E-state index contributed by atoms with van der Waals surface area (Å²) >= 11 is 12.5. The molecule has 2 aromatic rings. The summed E-state index contributed by atoms with van der Waals surface area (Å²) in [4.78, 5) is 55.0. The number of ether oxygens (including phenoxy) is 1. The van der Waals surface area contributed by atoms with E-state index in [2.05, 4.69) is 20.9 Å². The third kappa shape index (κ3) is 9.32. The Bertz CT molecular complexity index is 1340. The first kappa shape index (κ1) is 34.5. The number of amides is 4. The molecule has 1 saturated carbocycles. The minimum Gasteiger partial charge on any atom is -0.465 e. The number of rotatable bonds is 11. The van der Waals surface area contributed by atoms with E-state index in [1.54, 1.807) is 47.4 Å². The van der Waals surface area contributed by atoms with Crippen molar-refractivity contribution in [1.82, 2.24) is 20.4 Å². The molecule has 0 spiro atoms. The number of piperazine rings is 1. The molecule has 2 aliphatic rings. The lowest BCUT2D eigenvalue weighted by atomic mass is 9.79. The predicted octanol–water partition coefficient (Wildman–Crippen LogP) is 3.82.